The van der Waals surface area contributed by atoms with Crippen molar-refractivity contribution < 1.29 is 14.1 Å². The highest BCUT2D eigenvalue weighted by Crippen LogP contribution is 2.22. The van der Waals surface area contributed by atoms with Crippen LogP contribution in [-0.4, -0.2) is 64.4 Å². The molecule has 4 rings (SSSR count). The number of rotatable bonds is 5. The fraction of sp³-hybridized carbons (Fsp3) is 0.350. The SMILES string of the molecule is CN(C)c1ccc(OC2CCCN(C(=O)c3cc(-c4cccnc4)on3)C2)nn1. The van der Waals surface area contributed by atoms with Gasteiger partial charge in [-0.15, -0.1) is 10.2 Å². The molecule has 1 saturated heterocycles. The van der Waals surface area contributed by atoms with E-state index in [1.165, 1.54) is 0 Å². The fourth-order valence-corrected chi connectivity index (χ4v) is 3.19. The Balaban J connectivity index is 1.40. The van der Waals surface area contributed by atoms with Crippen LogP contribution in [0.2, 0.25) is 0 Å². The molecule has 150 valence electrons. The van der Waals surface area contributed by atoms with Gasteiger partial charge in [-0.1, -0.05) is 5.16 Å². The van der Waals surface area contributed by atoms with Crippen LogP contribution in [0, 0.1) is 0 Å². The minimum absolute atomic E-state index is 0.142. The molecule has 1 aliphatic heterocycles. The summed E-state index contributed by atoms with van der Waals surface area (Å²) in [5.41, 5.74) is 1.05. The zero-order valence-corrected chi connectivity index (χ0v) is 16.4. The molecule has 3 aromatic heterocycles. The third-order valence-corrected chi connectivity index (χ3v) is 4.71. The molecule has 9 heteroatoms. The lowest BCUT2D eigenvalue weighted by molar-refractivity contribution is 0.0517. The summed E-state index contributed by atoms with van der Waals surface area (Å²) in [6.45, 7) is 1.12. The van der Waals surface area contributed by atoms with Crippen molar-refractivity contribution in [2.75, 3.05) is 32.1 Å². The highest BCUT2D eigenvalue weighted by Gasteiger charge is 2.28. The van der Waals surface area contributed by atoms with Crippen molar-refractivity contribution in [1.29, 1.82) is 0 Å². The number of amides is 1. The summed E-state index contributed by atoms with van der Waals surface area (Å²) in [7, 11) is 3.80. The fourth-order valence-electron chi connectivity index (χ4n) is 3.19. The Hall–Kier alpha value is -3.49. The minimum Gasteiger partial charge on any atom is -0.471 e. The lowest BCUT2D eigenvalue weighted by Gasteiger charge is -2.32. The lowest BCUT2D eigenvalue weighted by atomic mass is 10.1. The smallest absolute Gasteiger partial charge is 0.276 e. The number of hydrogen-bond acceptors (Lipinski definition) is 8. The first-order chi connectivity index (χ1) is 14.1. The zero-order valence-electron chi connectivity index (χ0n) is 16.4. The van der Waals surface area contributed by atoms with Crippen molar-refractivity contribution in [3.63, 3.8) is 0 Å². The van der Waals surface area contributed by atoms with Gasteiger partial charge < -0.3 is 19.1 Å². The first-order valence-corrected chi connectivity index (χ1v) is 9.44. The maximum Gasteiger partial charge on any atom is 0.276 e. The van der Waals surface area contributed by atoms with E-state index in [0.29, 0.717) is 24.7 Å². The number of ether oxygens (including phenoxy) is 1. The van der Waals surface area contributed by atoms with Gasteiger partial charge in [0.2, 0.25) is 5.88 Å². The minimum atomic E-state index is -0.175. The second kappa shape index (κ2) is 8.26. The number of carbonyl (C=O) groups excluding carboxylic acids is 1. The molecule has 29 heavy (non-hydrogen) atoms. The van der Waals surface area contributed by atoms with Crippen LogP contribution in [0.4, 0.5) is 5.82 Å². The first-order valence-electron chi connectivity index (χ1n) is 9.44. The van der Waals surface area contributed by atoms with Gasteiger partial charge in [0.25, 0.3) is 5.91 Å². The Kier molecular flexibility index (Phi) is 5.37. The molecule has 1 fully saturated rings. The molecule has 1 unspecified atom stereocenters. The van der Waals surface area contributed by atoms with E-state index < -0.39 is 0 Å². The maximum atomic E-state index is 12.9. The monoisotopic (exact) mass is 394 g/mol. The number of anilines is 1. The Labute approximate surface area is 168 Å². The molecule has 0 N–H and O–H groups in total. The molecule has 9 nitrogen and oxygen atoms in total. The Morgan fingerprint density at radius 2 is 2.17 bits per heavy atom. The summed E-state index contributed by atoms with van der Waals surface area (Å²) in [5.74, 6) is 1.55. The average molecular weight is 394 g/mol. The van der Waals surface area contributed by atoms with Crippen LogP contribution in [0.1, 0.15) is 23.3 Å². The number of carbonyl (C=O) groups is 1. The second-order valence-electron chi connectivity index (χ2n) is 7.08. The van der Waals surface area contributed by atoms with Gasteiger partial charge in [0.05, 0.1) is 6.54 Å². The number of aromatic nitrogens is 4. The van der Waals surface area contributed by atoms with Crippen molar-refractivity contribution in [2.24, 2.45) is 0 Å². The summed E-state index contributed by atoms with van der Waals surface area (Å²) >= 11 is 0. The van der Waals surface area contributed by atoms with E-state index in [1.807, 2.05) is 31.1 Å². The van der Waals surface area contributed by atoms with Crippen molar-refractivity contribution >= 4 is 11.7 Å². The van der Waals surface area contributed by atoms with E-state index in [4.69, 9.17) is 9.26 Å². The molecule has 4 heterocycles. The number of pyridine rings is 1. The highest BCUT2D eigenvalue weighted by molar-refractivity contribution is 5.93. The number of hydrogen-bond donors (Lipinski definition) is 0. The molecule has 0 bridgehead atoms. The van der Waals surface area contributed by atoms with Crippen LogP contribution < -0.4 is 9.64 Å². The molecular weight excluding hydrogens is 372 g/mol. The van der Waals surface area contributed by atoms with Crippen LogP contribution >= 0.6 is 0 Å². The van der Waals surface area contributed by atoms with Gasteiger partial charge in [-0.25, -0.2) is 0 Å². The number of piperidine rings is 1. The summed E-state index contributed by atoms with van der Waals surface area (Å²) in [4.78, 5) is 20.5. The van der Waals surface area contributed by atoms with E-state index in [2.05, 4.69) is 20.3 Å². The summed E-state index contributed by atoms with van der Waals surface area (Å²) in [6.07, 6.45) is 4.89. The second-order valence-corrected chi connectivity index (χ2v) is 7.08. The maximum absolute atomic E-state index is 12.9. The predicted molar refractivity (Wildman–Crippen MR) is 106 cm³/mol. The molecule has 0 spiro atoms. The molecule has 0 saturated carbocycles. The molecule has 0 radical (unpaired) electrons. The van der Waals surface area contributed by atoms with Gasteiger partial charge in [0, 0.05) is 50.7 Å². The third-order valence-electron chi connectivity index (χ3n) is 4.71. The van der Waals surface area contributed by atoms with E-state index in [9.17, 15) is 4.79 Å². The van der Waals surface area contributed by atoms with Crippen LogP contribution in [0.5, 0.6) is 5.88 Å². The molecule has 3 aromatic rings. The van der Waals surface area contributed by atoms with Gasteiger partial charge in [0.1, 0.15) is 6.10 Å². The lowest BCUT2D eigenvalue weighted by Crippen LogP contribution is -2.44. The summed E-state index contributed by atoms with van der Waals surface area (Å²) in [6, 6.07) is 8.95. The van der Waals surface area contributed by atoms with Crippen LogP contribution in [0.25, 0.3) is 11.3 Å². The number of nitrogens with zero attached hydrogens (tertiary/aromatic N) is 6. The molecule has 1 atom stereocenters. The molecule has 0 aliphatic carbocycles. The number of likely N-dealkylation sites (tertiary alicyclic amines) is 1. The standard InChI is InChI=1S/C20H22N6O3/c1-25(2)18-7-8-19(23-22-18)28-15-6-4-10-26(13-15)20(27)16-11-17(29-24-16)14-5-3-9-21-12-14/h3,5,7-9,11-12,15H,4,6,10,13H2,1-2H3. The Bertz CT molecular complexity index is 958. The van der Waals surface area contributed by atoms with Gasteiger partial charge in [-0.3, -0.25) is 9.78 Å². The largest absolute Gasteiger partial charge is 0.471 e. The van der Waals surface area contributed by atoms with Crippen LogP contribution in [-0.2, 0) is 0 Å². The van der Waals surface area contributed by atoms with Gasteiger partial charge >= 0.3 is 0 Å². The summed E-state index contributed by atoms with van der Waals surface area (Å²) in [5, 5.41) is 12.2. The van der Waals surface area contributed by atoms with Crippen molar-refractivity contribution in [3.8, 4) is 17.2 Å². The van der Waals surface area contributed by atoms with E-state index in [0.717, 1.165) is 24.2 Å². The van der Waals surface area contributed by atoms with E-state index in [1.54, 1.807) is 35.5 Å². The Morgan fingerprint density at radius 3 is 2.90 bits per heavy atom. The molecule has 0 aromatic carbocycles. The van der Waals surface area contributed by atoms with Crippen molar-refractivity contribution in [2.45, 2.75) is 18.9 Å². The van der Waals surface area contributed by atoms with Gasteiger partial charge in [0.15, 0.2) is 17.3 Å². The quantitative estimate of drug-likeness (QED) is 0.650. The highest BCUT2D eigenvalue weighted by atomic mass is 16.5. The van der Waals surface area contributed by atoms with Gasteiger partial charge in [-0.2, -0.15) is 0 Å². The predicted octanol–water partition coefficient (Wildman–Crippen LogP) is 2.28. The van der Waals surface area contributed by atoms with Crippen LogP contribution in [0.3, 0.4) is 0 Å². The molecular formula is C20H22N6O3. The van der Waals surface area contributed by atoms with Crippen molar-refractivity contribution in [1.82, 2.24) is 25.2 Å². The van der Waals surface area contributed by atoms with E-state index in [-0.39, 0.29) is 17.7 Å². The van der Waals surface area contributed by atoms with Crippen LogP contribution in [0.15, 0.2) is 47.2 Å². The Morgan fingerprint density at radius 1 is 1.28 bits per heavy atom. The summed E-state index contributed by atoms with van der Waals surface area (Å²) < 4.78 is 11.3. The third kappa shape index (κ3) is 4.34. The van der Waals surface area contributed by atoms with E-state index >= 15 is 0 Å². The topological polar surface area (TPSA) is 97.5 Å². The first kappa shape index (κ1) is 18.9. The zero-order chi connectivity index (χ0) is 20.2. The normalized spacial score (nSPS) is 16.5. The average Bonchev–Trinajstić information content (AvgIpc) is 3.25. The van der Waals surface area contributed by atoms with Crippen molar-refractivity contribution in [3.05, 3.63) is 48.4 Å². The molecule has 1 aliphatic rings. The molecule has 1 amide bonds. The van der Waals surface area contributed by atoms with Gasteiger partial charge in [-0.05, 0) is 31.0 Å².